The van der Waals surface area contributed by atoms with E-state index in [1.165, 1.54) is 6.07 Å². The van der Waals surface area contributed by atoms with E-state index in [0.29, 0.717) is 18.1 Å². The number of guanidine groups is 1. The van der Waals surface area contributed by atoms with E-state index in [0.717, 1.165) is 43.2 Å². The lowest BCUT2D eigenvalue weighted by Crippen LogP contribution is -2.38. The van der Waals surface area contributed by atoms with Crippen molar-refractivity contribution in [1.29, 1.82) is 0 Å². The minimum atomic E-state index is -4.36. The van der Waals surface area contributed by atoms with Gasteiger partial charge in [0, 0.05) is 13.6 Å². The third-order valence-corrected chi connectivity index (χ3v) is 4.09. The van der Waals surface area contributed by atoms with Gasteiger partial charge < -0.3 is 15.2 Å². The molecule has 0 amide bonds. The largest absolute Gasteiger partial charge is 0.416 e. The number of rotatable bonds is 7. The number of hydrogen-bond donors (Lipinski definition) is 2. The van der Waals surface area contributed by atoms with Crippen molar-refractivity contribution >= 4 is 29.9 Å². The summed E-state index contributed by atoms with van der Waals surface area (Å²) in [7, 11) is 1.87. The number of aliphatic imine (C=N–C) groups is 1. The van der Waals surface area contributed by atoms with Crippen molar-refractivity contribution < 1.29 is 13.2 Å². The lowest BCUT2D eigenvalue weighted by molar-refractivity contribution is -0.137. The first-order valence-electron chi connectivity index (χ1n) is 8.84. The molecular weight excluding hydrogens is 484 g/mol. The smallest absolute Gasteiger partial charge is 0.356 e. The number of nitrogens with one attached hydrogen (secondary N) is 2. The van der Waals surface area contributed by atoms with Crippen LogP contribution in [0.5, 0.6) is 0 Å². The van der Waals surface area contributed by atoms with E-state index in [1.54, 1.807) is 6.07 Å². The van der Waals surface area contributed by atoms with Crippen molar-refractivity contribution in [3.8, 4) is 0 Å². The van der Waals surface area contributed by atoms with Crippen LogP contribution in [0.4, 0.5) is 13.2 Å². The molecule has 0 aliphatic heterocycles. The zero-order chi connectivity index (χ0) is 19.9. The van der Waals surface area contributed by atoms with Crippen LogP contribution in [0.1, 0.15) is 42.5 Å². The molecule has 10 heteroatoms. The van der Waals surface area contributed by atoms with Crippen LogP contribution < -0.4 is 10.6 Å². The van der Waals surface area contributed by atoms with Gasteiger partial charge in [-0.2, -0.15) is 13.2 Å². The minimum Gasteiger partial charge on any atom is -0.356 e. The van der Waals surface area contributed by atoms with Gasteiger partial charge in [0.25, 0.3) is 0 Å². The summed E-state index contributed by atoms with van der Waals surface area (Å²) in [6, 6.07) is 5.21. The predicted octanol–water partition coefficient (Wildman–Crippen LogP) is 3.80. The molecule has 0 saturated heterocycles. The zero-order valence-corrected chi connectivity index (χ0v) is 18.5. The van der Waals surface area contributed by atoms with Crippen LogP contribution in [-0.4, -0.2) is 27.3 Å². The third kappa shape index (κ3) is 7.28. The highest BCUT2D eigenvalue weighted by atomic mass is 127. The molecule has 0 aliphatic carbocycles. The van der Waals surface area contributed by atoms with Crippen molar-refractivity contribution in [2.24, 2.45) is 12.0 Å². The summed E-state index contributed by atoms with van der Waals surface area (Å²) in [6.45, 7) is 5.22. The quantitative estimate of drug-likeness (QED) is 0.258. The first-order chi connectivity index (χ1) is 12.8. The molecule has 156 valence electrons. The highest BCUT2D eigenvalue weighted by Gasteiger charge is 2.30. The van der Waals surface area contributed by atoms with Crippen LogP contribution in [0.25, 0.3) is 0 Å². The van der Waals surface area contributed by atoms with Crippen LogP contribution in [0, 0.1) is 6.92 Å². The fourth-order valence-electron chi connectivity index (χ4n) is 2.34. The Kier molecular flexibility index (Phi) is 9.70. The summed E-state index contributed by atoms with van der Waals surface area (Å²) < 4.78 is 40.4. The molecule has 2 aromatic rings. The summed E-state index contributed by atoms with van der Waals surface area (Å²) in [5, 5.41) is 14.4. The van der Waals surface area contributed by atoms with E-state index in [-0.39, 0.29) is 30.5 Å². The first kappa shape index (κ1) is 24.2. The van der Waals surface area contributed by atoms with Gasteiger partial charge in [0.2, 0.25) is 0 Å². The Morgan fingerprint density at radius 1 is 1.21 bits per heavy atom. The van der Waals surface area contributed by atoms with Gasteiger partial charge in [-0.25, -0.2) is 4.99 Å². The fraction of sp³-hybridized carbons (Fsp3) is 0.500. The molecule has 6 nitrogen and oxygen atoms in total. The Labute approximate surface area is 180 Å². The molecule has 0 bridgehead atoms. The van der Waals surface area contributed by atoms with E-state index < -0.39 is 11.7 Å². The second kappa shape index (κ2) is 11.2. The molecule has 1 aromatic heterocycles. The fourth-order valence-corrected chi connectivity index (χ4v) is 2.34. The number of unbranched alkanes of at least 4 members (excludes halogenated alkanes) is 1. The molecule has 2 rings (SSSR count). The Morgan fingerprint density at radius 2 is 1.96 bits per heavy atom. The lowest BCUT2D eigenvalue weighted by atomic mass is 10.1. The number of alkyl halides is 3. The van der Waals surface area contributed by atoms with Crippen LogP contribution >= 0.6 is 24.0 Å². The van der Waals surface area contributed by atoms with Gasteiger partial charge >= 0.3 is 6.18 Å². The molecule has 0 fully saturated rings. The SMILES string of the molecule is CCCCNC(=NCc1cccc(C(F)(F)F)c1)NCc1nnc(C)n1C.I. The maximum Gasteiger partial charge on any atom is 0.416 e. The van der Waals surface area contributed by atoms with E-state index >= 15 is 0 Å². The molecule has 1 heterocycles. The minimum absolute atomic E-state index is 0. The van der Waals surface area contributed by atoms with E-state index in [4.69, 9.17) is 0 Å². The highest BCUT2D eigenvalue weighted by molar-refractivity contribution is 14.0. The summed E-state index contributed by atoms with van der Waals surface area (Å²) in [4.78, 5) is 4.41. The van der Waals surface area contributed by atoms with Gasteiger partial charge in [-0.3, -0.25) is 0 Å². The number of aryl methyl sites for hydroxylation is 1. The summed E-state index contributed by atoms with van der Waals surface area (Å²) in [5.74, 6) is 2.08. The average Bonchev–Trinajstić information content (AvgIpc) is 2.95. The highest BCUT2D eigenvalue weighted by Crippen LogP contribution is 2.29. The molecule has 1 aromatic carbocycles. The summed E-state index contributed by atoms with van der Waals surface area (Å²) >= 11 is 0. The molecule has 0 saturated carbocycles. The van der Waals surface area contributed by atoms with Crippen LogP contribution in [0.2, 0.25) is 0 Å². The number of halogens is 4. The Morgan fingerprint density at radius 3 is 2.57 bits per heavy atom. The second-order valence-electron chi connectivity index (χ2n) is 6.22. The van der Waals surface area contributed by atoms with Crippen molar-refractivity contribution in [2.75, 3.05) is 6.54 Å². The molecular formula is C18H26F3IN6. The molecule has 0 atom stereocenters. The normalized spacial score (nSPS) is 11.9. The lowest BCUT2D eigenvalue weighted by Gasteiger charge is -2.13. The molecule has 28 heavy (non-hydrogen) atoms. The molecule has 0 aliphatic rings. The number of hydrogen-bond acceptors (Lipinski definition) is 3. The number of benzene rings is 1. The Bertz CT molecular complexity index is 773. The van der Waals surface area contributed by atoms with Crippen LogP contribution in [0.3, 0.4) is 0 Å². The van der Waals surface area contributed by atoms with Gasteiger partial charge in [0.15, 0.2) is 11.8 Å². The van der Waals surface area contributed by atoms with E-state index in [2.05, 4.69) is 32.7 Å². The average molecular weight is 510 g/mol. The van der Waals surface area contributed by atoms with E-state index in [9.17, 15) is 13.2 Å². The van der Waals surface area contributed by atoms with Gasteiger partial charge in [-0.15, -0.1) is 34.2 Å². The first-order valence-corrected chi connectivity index (χ1v) is 8.84. The molecule has 2 N–H and O–H groups in total. The van der Waals surface area contributed by atoms with E-state index in [1.807, 2.05) is 18.5 Å². The van der Waals surface area contributed by atoms with Crippen molar-refractivity contribution in [3.05, 3.63) is 47.0 Å². The van der Waals surface area contributed by atoms with Crippen LogP contribution in [0.15, 0.2) is 29.3 Å². The van der Waals surface area contributed by atoms with Crippen LogP contribution in [-0.2, 0) is 26.3 Å². The number of aromatic nitrogens is 3. The maximum absolute atomic E-state index is 12.8. The van der Waals surface area contributed by atoms with Gasteiger partial charge in [-0.1, -0.05) is 25.5 Å². The van der Waals surface area contributed by atoms with Gasteiger partial charge in [-0.05, 0) is 31.0 Å². The van der Waals surface area contributed by atoms with Gasteiger partial charge in [0.05, 0.1) is 18.7 Å². The molecule has 0 unspecified atom stereocenters. The topological polar surface area (TPSA) is 67.1 Å². The van der Waals surface area contributed by atoms with Crippen molar-refractivity contribution in [2.45, 2.75) is 46.0 Å². The number of nitrogens with zero attached hydrogens (tertiary/aromatic N) is 4. The molecule has 0 radical (unpaired) electrons. The zero-order valence-electron chi connectivity index (χ0n) is 16.2. The maximum atomic E-state index is 12.8. The van der Waals surface area contributed by atoms with Gasteiger partial charge in [0.1, 0.15) is 5.82 Å². The Hall–Kier alpha value is -1.85. The summed E-state index contributed by atoms with van der Waals surface area (Å²) in [5.41, 5.74) is -0.172. The molecule has 0 spiro atoms. The monoisotopic (exact) mass is 510 g/mol. The Balaban J connectivity index is 0.00000392. The third-order valence-electron chi connectivity index (χ3n) is 4.09. The van der Waals surface area contributed by atoms with Crippen molar-refractivity contribution in [1.82, 2.24) is 25.4 Å². The summed E-state index contributed by atoms with van der Waals surface area (Å²) in [6.07, 6.45) is -2.37. The van der Waals surface area contributed by atoms with Crippen molar-refractivity contribution in [3.63, 3.8) is 0 Å². The predicted molar refractivity (Wildman–Crippen MR) is 113 cm³/mol. The second-order valence-corrected chi connectivity index (χ2v) is 6.22. The standard InChI is InChI=1S/C18H25F3N6.HI/c1-4-5-9-22-17(24-12-16-26-25-13(2)27(16)3)23-11-14-7-6-8-15(10-14)18(19,20)21;/h6-8,10H,4-5,9,11-12H2,1-3H3,(H2,22,23,24);1H.